The highest BCUT2D eigenvalue weighted by Crippen LogP contribution is 2.26. The molecule has 2 atom stereocenters. The smallest absolute Gasteiger partial charge is 0.300 e. The lowest BCUT2D eigenvalue weighted by Gasteiger charge is -2.28. The standard InChI is InChI=1S/C18H24NO3/c1-15-6-5-13-19(15,14-20)18(22)12-11-17(21)10-9-16-7-3-2-4-8-16/h2-4,7-8,14-15H,5-6,9-13H2,1H3/q+1/t15-,19?/m1/s1. The van der Waals surface area contributed by atoms with Gasteiger partial charge in [0.2, 0.25) is 0 Å². The van der Waals surface area contributed by atoms with E-state index < -0.39 is 0 Å². The van der Waals surface area contributed by atoms with E-state index >= 15 is 0 Å². The van der Waals surface area contributed by atoms with Crippen LogP contribution in [0.5, 0.6) is 0 Å². The summed E-state index contributed by atoms with van der Waals surface area (Å²) in [6, 6.07) is 9.90. The number of benzene rings is 1. The zero-order valence-electron chi connectivity index (χ0n) is 13.2. The third-order valence-corrected chi connectivity index (χ3v) is 4.74. The number of Topliss-reactive ketones (excluding diaryl/α,β-unsaturated/α-hetero) is 1. The van der Waals surface area contributed by atoms with Crippen molar-refractivity contribution in [3.63, 3.8) is 0 Å². The van der Waals surface area contributed by atoms with Crippen molar-refractivity contribution in [1.82, 2.24) is 0 Å². The number of quaternary nitrogens is 1. The summed E-state index contributed by atoms with van der Waals surface area (Å²) < 4.78 is -0.0913. The van der Waals surface area contributed by atoms with E-state index in [9.17, 15) is 14.4 Å². The maximum Gasteiger partial charge on any atom is 0.321 e. The Labute approximate surface area is 131 Å². The van der Waals surface area contributed by atoms with Crippen LogP contribution >= 0.6 is 0 Å². The second-order valence-electron chi connectivity index (χ2n) is 6.17. The van der Waals surface area contributed by atoms with Gasteiger partial charge in [-0.15, -0.1) is 0 Å². The molecule has 1 unspecified atom stereocenters. The fourth-order valence-corrected chi connectivity index (χ4v) is 3.19. The molecule has 0 bridgehead atoms. The van der Waals surface area contributed by atoms with Crippen LogP contribution in [0.4, 0.5) is 0 Å². The van der Waals surface area contributed by atoms with Gasteiger partial charge in [0.25, 0.3) is 0 Å². The summed E-state index contributed by atoms with van der Waals surface area (Å²) in [7, 11) is 0. The Hall–Kier alpha value is -1.81. The van der Waals surface area contributed by atoms with Gasteiger partial charge in [-0.1, -0.05) is 30.3 Å². The van der Waals surface area contributed by atoms with E-state index in [0.29, 0.717) is 19.4 Å². The van der Waals surface area contributed by atoms with E-state index in [2.05, 4.69) is 0 Å². The van der Waals surface area contributed by atoms with Gasteiger partial charge in [-0.05, 0) is 18.9 Å². The number of likely N-dealkylation sites (tertiary alicyclic amines) is 1. The van der Waals surface area contributed by atoms with Crippen LogP contribution in [0.25, 0.3) is 0 Å². The molecule has 0 aliphatic carbocycles. The minimum Gasteiger partial charge on any atom is -0.300 e. The van der Waals surface area contributed by atoms with E-state index in [0.717, 1.165) is 24.8 Å². The monoisotopic (exact) mass is 302 g/mol. The summed E-state index contributed by atoms with van der Waals surface area (Å²) in [5.74, 6) is -0.0128. The van der Waals surface area contributed by atoms with Crippen molar-refractivity contribution in [1.29, 1.82) is 0 Å². The predicted molar refractivity (Wildman–Crippen MR) is 83.9 cm³/mol. The van der Waals surface area contributed by atoms with Crippen LogP contribution in [-0.4, -0.2) is 35.2 Å². The Morgan fingerprint density at radius 1 is 1.18 bits per heavy atom. The molecule has 1 fully saturated rings. The van der Waals surface area contributed by atoms with E-state index in [4.69, 9.17) is 0 Å². The lowest BCUT2D eigenvalue weighted by Crippen LogP contribution is -2.53. The summed E-state index contributed by atoms with van der Waals surface area (Å²) >= 11 is 0. The van der Waals surface area contributed by atoms with Gasteiger partial charge in [0.05, 0.1) is 13.0 Å². The highest BCUT2D eigenvalue weighted by atomic mass is 16.2. The van der Waals surface area contributed by atoms with Crippen LogP contribution in [0.1, 0.15) is 44.6 Å². The first kappa shape index (κ1) is 16.6. The molecule has 1 aliphatic heterocycles. The molecule has 0 radical (unpaired) electrons. The first-order chi connectivity index (χ1) is 10.6. The van der Waals surface area contributed by atoms with Crippen molar-refractivity contribution in [2.24, 2.45) is 0 Å². The number of amides is 2. The van der Waals surface area contributed by atoms with E-state index in [1.54, 1.807) is 0 Å². The molecule has 1 saturated heterocycles. The summed E-state index contributed by atoms with van der Waals surface area (Å²) in [6.07, 6.45) is 4.14. The maximum atomic E-state index is 12.4. The first-order valence-corrected chi connectivity index (χ1v) is 8.01. The van der Waals surface area contributed by atoms with Crippen molar-refractivity contribution < 1.29 is 18.9 Å². The molecule has 1 heterocycles. The van der Waals surface area contributed by atoms with Gasteiger partial charge in [0, 0.05) is 25.7 Å². The number of carbonyl (C=O) groups excluding carboxylic acids is 3. The third kappa shape index (κ3) is 3.69. The van der Waals surface area contributed by atoms with Crippen molar-refractivity contribution in [3.05, 3.63) is 35.9 Å². The number of hydrogen-bond acceptors (Lipinski definition) is 3. The van der Waals surface area contributed by atoms with Crippen molar-refractivity contribution in [2.45, 2.75) is 51.5 Å². The van der Waals surface area contributed by atoms with Gasteiger partial charge >= 0.3 is 12.3 Å². The molecule has 1 aliphatic rings. The molecule has 118 valence electrons. The fraction of sp³-hybridized carbons (Fsp3) is 0.500. The average molecular weight is 302 g/mol. The largest absolute Gasteiger partial charge is 0.321 e. The normalized spacial score (nSPS) is 24.1. The van der Waals surface area contributed by atoms with Gasteiger partial charge in [0.1, 0.15) is 11.8 Å². The molecule has 0 aromatic heterocycles. The van der Waals surface area contributed by atoms with Crippen LogP contribution < -0.4 is 0 Å². The second kappa shape index (κ2) is 7.45. The van der Waals surface area contributed by atoms with Crippen LogP contribution in [0.2, 0.25) is 0 Å². The lowest BCUT2D eigenvalue weighted by molar-refractivity contribution is -0.780. The molecular formula is C18H24NO3+. The zero-order valence-corrected chi connectivity index (χ0v) is 13.2. The number of carbonyl (C=O) groups is 3. The second-order valence-corrected chi connectivity index (χ2v) is 6.17. The molecule has 22 heavy (non-hydrogen) atoms. The number of hydrogen-bond donors (Lipinski definition) is 0. The summed E-state index contributed by atoms with van der Waals surface area (Å²) in [6.45, 7) is 2.53. The minimum absolute atomic E-state index is 0.0458. The van der Waals surface area contributed by atoms with Crippen molar-refractivity contribution in [2.75, 3.05) is 6.54 Å². The van der Waals surface area contributed by atoms with Gasteiger partial charge < -0.3 is 0 Å². The summed E-state index contributed by atoms with van der Waals surface area (Å²) in [5.41, 5.74) is 1.13. The van der Waals surface area contributed by atoms with Gasteiger partial charge in [-0.3, -0.25) is 4.79 Å². The lowest BCUT2D eigenvalue weighted by atomic mass is 10.0. The number of ketones is 1. The Morgan fingerprint density at radius 3 is 2.50 bits per heavy atom. The number of imide groups is 1. The van der Waals surface area contributed by atoms with Crippen molar-refractivity contribution >= 4 is 18.1 Å². The number of nitrogens with zero attached hydrogens (tertiary/aromatic N) is 1. The van der Waals surface area contributed by atoms with E-state index in [-0.39, 0.29) is 35.1 Å². The minimum atomic E-state index is -0.104. The zero-order chi connectivity index (χ0) is 16.0. The quantitative estimate of drug-likeness (QED) is 0.575. The number of rotatable bonds is 7. The Bertz CT molecular complexity index is 541. The van der Waals surface area contributed by atoms with Crippen LogP contribution in [0.15, 0.2) is 30.3 Å². The topological polar surface area (TPSA) is 51.2 Å². The summed E-state index contributed by atoms with van der Waals surface area (Å²) in [5, 5.41) is 0. The van der Waals surface area contributed by atoms with E-state index in [1.807, 2.05) is 37.3 Å². The molecule has 0 N–H and O–H groups in total. The van der Waals surface area contributed by atoms with Gasteiger partial charge in [-0.2, -0.15) is 4.48 Å². The molecule has 2 rings (SSSR count). The Balaban J connectivity index is 1.80. The molecule has 4 nitrogen and oxygen atoms in total. The van der Waals surface area contributed by atoms with Crippen molar-refractivity contribution in [3.8, 4) is 0 Å². The Kier molecular flexibility index (Phi) is 5.61. The maximum absolute atomic E-state index is 12.4. The molecule has 4 heteroatoms. The summed E-state index contributed by atoms with van der Waals surface area (Å²) in [4.78, 5) is 35.7. The molecule has 1 aromatic carbocycles. The molecule has 0 spiro atoms. The van der Waals surface area contributed by atoms with Crippen LogP contribution in [0, 0.1) is 0 Å². The highest BCUT2D eigenvalue weighted by Gasteiger charge is 2.45. The molecule has 1 aromatic rings. The third-order valence-electron chi connectivity index (χ3n) is 4.74. The van der Waals surface area contributed by atoms with E-state index in [1.165, 1.54) is 0 Å². The molecule has 2 amide bonds. The van der Waals surface area contributed by atoms with Gasteiger partial charge in [0.15, 0.2) is 0 Å². The van der Waals surface area contributed by atoms with Crippen LogP contribution in [-0.2, 0) is 20.8 Å². The molecule has 0 saturated carbocycles. The fourth-order valence-electron chi connectivity index (χ4n) is 3.19. The van der Waals surface area contributed by atoms with Crippen LogP contribution in [0.3, 0.4) is 0 Å². The average Bonchev–Trinajstić information content (AvgIpc) is 2.93. The Morgan fingerprint density at radius 2 is 1.91 bits per heavy atom. The van der Waals surface area contributed by atoms with Gasteiger partial charge in [-0.25, -0.2) is 9.59 Å². The number of aryl methyl sites for hydroxylation is 1. The highest BCUT2D eigenvalue weighted by molar-refractivity contribution is 5.84. The first-order valence-electron chi connectivity index (χ1n) is 8.01. The predicted octanol–water partition coefficient (Wildman–Crippen LogP) is 2.65. The SMILES string of the molecule is C[C@@H]1CCC[N+]1(C=O)C(=O)CCC(=O)CCc1ccccc1. The molecular weight excluding hydrogens is 278 g/mol.